The molecule has 1 N–H and O–H groups in total. The molecule has 0 saturated carbocycles. The van der Waals surface area contributed by atoms with Gasteiger partial charge in [0.15, 0.2) is 17.5 Å². The number of carbonyl (C=O) groups is 1. The molecule has 9 heteroatoms. The average Bonchev–Trinajstić information content (AvgIpc) is 3.03. The predicted molar refractivity (Wildman–Crippen MR) is 77.2 cm³/mol. The van der Waals surface area contributed by atoms with E-state index in [2.05, 4.69) is 5.32 Å². The Morgan fingerprint density at radius 1 is 1.29 bits per heavy atom. The Morgan fingerprint density at radius 3 is 2.62 bits per heavy atom. The number of carbonyl (C=O) groups excluding carboxylic acids is 1. The zero-order valence-corrected chi connectivity index (χ0v) is 12.4. The normalized spacial score (nSPS) is 12.6. The van der Waals surface area contributed by atoms with Gasteiger partial charge < -0.3 is 10.1 Å². The number of fused-ring (bicyclic) bond motifs is 2. The number of aromatic nitrogens is 1. The maximum atomic E-state index is 14.5. The summed E-state index contributed by atoms with van der Waals surface area (Å²) < 4.78 is 48.8. The molecule has 0 fully saturated rings. The number of benzene rings is 1. The number of halogens is 3. The number of nitriles is 1. The van der Waals surface area contributed by atoms with Crippen LogP contribution in [-0.4, -0.2) is 23.7 Å². The fourth-order valence-corrected chi connectivity index (χ4v) is 2.77. The van der Waals surface area contributed by atoms with Crippen molar-refractivity contribution < 1.29 is 22.7 Å². The Bertz CT molecular complexity index is 992. The van der Waals surface area contributed by atoms with E-state index in [-0.39, 0.29) is 25.5 Å². The van der Waals surface area contributed by atoms with Gasteiger partial charge in [-0.3, -0.25) is 9.36 Å². The predicted octanol–water partition coefficient (Wildman–Crippen LogP) is 1.89. The molecule has 1 aromatic carbocycles. The Morgan fingerprint density at radius 2 is 2.00 bits per heavy atom. The van der Waals surface area contributed by atoms with Crippen LogP contribution in [0.2, 0.25) is 0 Å². The van der Waals surface area contributed by atoms with E-state index in [4.69, 9.17) is 10.00 Å². The van der Waals surface area contributed by atoms with Gasteiger partial charge in [0.1, 0.15) is 23.0 Å². The zero-order chi connectivity index (χ0) is 17.6. The van der Waals surface area contributed by atoms with E-state index in [0.717, 1.165) is 4.57 Å². The van der Waals surface area contributed by atoms with Gasteiger partial charge in [0, 0.05) is 18.5 Å². The monoisotopic (exact) mass is 337 g/mol. The van der Waals surface area contributed by atoms with Crippen LogP contribution in [0.1, 0.15) is 22.8 Å². The van der Waals surface area contributed by atoms with Crippen molar-refractivity contribution in [1.29, 1.82) is 5.26 Å². The van der Waals surface area contributed by atoms with Gasteiger partial charge >= 0.3 is 5.97 Å². The highest BCUT2D eigenvalue weighted by Gasteiger charge is 2.32. The summed E-state index contributed by atoms with van der Waals surface area (Å²) in [7, 11) is 0. The molecule has 6 nitrogen and oxygen atoms in total. The fraction of sp³-hybridized carbons (Fsp3) is 0.267. The lowest BCUT2D eigenvalue weighted by Gasteiger charge is -2.14. The maximum absolute atomic E-state index is 14.5. The molecule has 124 valence electrons. The van der Waals surface area contributed by atoms with Crippen molar-refractivity contribution in [2.75, 3.05) is 18.5 Å². The van der Waals surface area contributed by atoms with Crippen LogP contribution < -0.4 is 10.9 Å². The number of hydrogen-bond donors (Lipinski definition) is 1. The molecular weight excluding hydrogens is 327 g/mol. The van der Waals surface area contributed by atoms with E-state index in [1.54, 1.807) is 0 Å². The molecule has 0 radical (unpaired) electrons. The molecule has 2 heterocycles. The summed E-state index contributed by atoms with van der Waals surface area (Å²) in [6, 6.07) is 1.20. The first-order valence-electron chi connectivity index (χ1n) is 7.02. The summed E-state index contributed by atoms with van der Waals surface area (Å²) in [6.45, 7) is 1.81. The molecule has 1 aromatic heterocycles. The third kappa shape index (κ3) is 1.96. The van der Waals surface area contributed by atoms with Crippen molar-refractivity contribution in [3.8, 4) is 6.07 Å². The lowest BCUT2D eigenvalue weighted by Crippen LogP contribution is -2.24. The molecule has 24 heavy (non-hydrogen) atoms. The number of anilines is 1. The number of esters is 1. The number of rotatable bonds is 2. The molecule has 0 unspecified atom stereocenters. The summed E-state index contributed by atoms with van der Waals surface area (Å²) in [4.78, 5) is 24.6. The molecule has 0 amide bonds. The topological polar surface area (TPSA) is 84.1 Å². The van der Waals surface area contributed by atoms with Crippen LogP contribution in [0.3, 0.4) is 0 Å². The standard InChI is InChI=1S/C15H10F3N3O3/c1-2-24-15(23)9-7-8(14(22)21-4-3-20-13(9)21)10(16)6(5-19)11(17)12(7)18/h20H,2-4H2,1H3. The summed E-state index contributed by atoms with van der Waals surface area (Å²) >= 11 is 0. The fourth-order valence-electron chi connectivity index (χ4n) is 2.77. The molecule has 0 atom stereocenters. The van der Waals surface area contributed by atoms with Crippen molar-refractivity contribution in [3.05, 3.63) is 38.9 Å². The smallest absolute Gasteiger partial charge is 0.342 e. The molecule has 0 saturated heterocycles. The molecule has 0 spiro atoms. The number of ether oxygens (including phenoxy) is 1. The van der Waals surface area contributed by atoms with Gasteiger partial charge in [0.2, 0.25) is 0 Å². The Balaban J connectivity index is 2.60. The van der Waals surface area contributed by atoms with E-state index in [9.17, 15) is 22.8 Å². The second kappa shape index (κ2) is 5.56. The second-order valence-electron chi connectivity index (χ2n) is 5.01. The quantitative estimate of drug-likeness (QED) is 0.668. The Kier molecular flexibility index (Phi) is 3.67. The highest BCUT2D eigenvalue weighted by molar-refractivity contribution is 6.09. The minimum absolute atomic E-state index is 0.0538. The minimum atomic E-state index is -1.75. The highest BCUT2D eigenvalue weighted by atomic mass is 19.2. The van der Waals surface area contributed by atoms with Gasteiger partial charge in [0.05, 0.1) is 12.0 Å². The van der Waals surface area contributed by atoms with Gasteiger partial charge in [0.25, 0.3) is 5.56 Å². The average molecular weight is 337 g/mol. The van der Waals surface area contributed by atoms with Crippen LogP contribution >= 0.6 is 0 Å². The van der Waals surface area contributed by atoms with Crippen molar-refractivity contribution in [1.82, 2.24) is 4.57 Å². The maximum Gasteiger partial charge on any atom is 0.342 e. The largest absolute Gasteiger partial charge is 0.462 e. The van der Waals surface area contributed by atoms with E-state index >= 15 is 0 Å². The van der Waals surface area contributed by atoms with Gasteiger partial charge in [-0.1, -0.05) is 0 Å². The molecule has 0 bridgehead atoms. The third-order valence-electron chi connectivity index (χ3n) is 3.76. The molecule has 2 aromatic rings. The van der Waals surface area contributed by atoms with Crippen LogP contribution in [0, 0.1) is 28.8 Å². The van der Waals surface area contributed by atoms with Crippen LogP contribution in [0.4, 0.5) is 19.0 Å². The molecule has 1 aliphatic heterocycles. The van der Waals surface area contributed by atoms with Gasteiger partial charge in [-0.05, 0) is 6.92 Å². The van der Waals surface area contributed by atoms with E-state index in [1.165, 1.54) is 13.0 Å². The lowest BCUT2D eigenvalue weighted by atomic mass is 10.0. The van der Waals surface area contributed by atoms with Crippen LogP contribution in [0.5, 0.6) is 0 Å². The van der Waals surface area contributed by atoms with Crippen molar-refractivity contribution in [2.45, 2.75) is 13.5 Å². The van der Waals surface area contributed by atoms with Gasteiger partial charge in [-0.25, -0.2) is 18.0 Å². The number of nitrogens with zero attached hydrogens (tertiary/aromatic N) is 2. The lowest BCUT2D eigenvalue weighted by molar-refractivity contribution is 0.0529. The first-order chi connectivity index (χ1) is 11.4. The zero-order valence-electron chi connectivity index (χ0n) is 12.4. The molecular formula is C15H10F3N3O3. The SMILES string of the molecule is CCOC(=O)c1c2n(c(=O)c3c(F)c(C#N)c(F)c(F)c13)CCN2. The first kappa shape index (κ1) is 15.9. The molecule has 3 rings (SSSR count). The molecule has 0 aliphatic carbocycles. The Hall–Kier alpha value is -3.02. The summed E-state index contributed by atoms with van der Waals surface area (Å²) in [5.74, 6) is -5.98. The van der Waals surface area contributed by atoms with E-state index < -0.39 is 50.9 Å². The third-order valence-corrected chi connectivity index (χ3v) is 3.76. The summed E-state index contributed by atoms with van der Waals surface area (Å²) in [6.07, 6.45) is 0. The van der Waals surface area contributed by atoms with Crippen molar-refractivity contribution >= 4 is 22.6 Å². The second-order valence-corrected chi connectivity index (χ2v) is 5.01. The Labute approximate surface area is 133 Å². The summed E-state index contributed by atoms with van der Waals surface area (Å²) in [5.41, 5.74) is -2.63. The van der Waals surface area contributed by atoms with Crippen molar-refractivity contribution in [2.24, 2.45) is 0 Å². The first-order valence-corrected chi connectivity index (χ1v) is 7.02. The van der Waals surface area contributed by atoms with Crippen LogP contribution in [-0.2, 0) is 11.3 Å². The van der Waals surface area contributed by atoms with Gasteiger partial charge in [-0.15, -0.1) is 0 Å². The van der Waals surface area contributed by atoms with Crippen LogP contribution in [0.25, 0.3) is 10.8 Å². The van der Waals surface area contributed by atoms with Gasteiger partial charge in [-0.2, -0.15) is 5.26 Å². The highest BCUT2D eigenvalue weighted by Crippen LogP contribution is 2.33. The van der Waals surface area contributed by atoms with Crippen molar-refractivity contribution in [3.63, 3.8) is 0 Å². The number of nitrogens with one attached hydrogen (secondary N) is 1. The van der Waals surface area contributed by atoms with E-state index in [0.29, 0.717) is 0 Å². The summed E-state index contributed by atoms with van der Waals surface area (Å²) in [5, 5.41) is 9.87. The molecule has 1 aliphatic rings. The number of hydrogen-bond acceptors (Lipinski definition) is 5. The number of pyridine rings is 1. The van der Waals surface area contributed by atoms with Crippen LogP contribution in [0.15, 0.2) is 4.79 Å². The van der Waals surface area contributed by atoms with E-state index in [1.807, 2.05) is 0 Å². The minimum Gasteiger partial charge on any atom is -0.462 e.